The average Bonchev–Trinajstić information content (AvgIpc) is 2.92. The lowest BCUT2D eigenvalue weighted by atomic mass is 9.99. The fraction of sp³-hybridized carbons (Fsp3) is 0.643. The summed E-state index contributed by atoms with van der Waals surface area (Å²) in [7, 11) is 2.18. The van der Waals surface area contributed by atoms with Gasteiger partial charge in [0.2, 0.25) is 5.95 Å². The Morgan fingerprint density at radius 3 is 3.05 bits per heavy atom. The van der Waals surface area contributed by atoms with Gasteiger partial charge in [0.1, 0.15) is 5.52 Å². The van der Waals surface area contributed by atoms with E-state index in [-0.39, 0.29) is 0 Å². The van der Waals surface area contributed by atoms with Crippen molar-refractivity contribution in [3.63, 3.8) is 0 Å². The summed E-state index contributed by atoms with van der Waals surface area (Å²) in [4.78, 5) is 18.8. The van der Waals surface area contributed by atoms with Crippen molar-refractivity contribution in [3.05, 3.63) is 6.33 Å². The summed E-state index contributed by atoms with van der Waals surface area (Å²) in [6.45, 7) is 6.20. The molecule has 0 saturated carbocycles. The minimum atomic E-state index is 0.437. The molecule has 0 radical (unpaired) electrons. The summed E-state index contributed by atoms with van der Waals surface area (Å²) in [5.41, 5.74) is 1.58. The highest BCUT2D eigenvalue weighted by atomic mass is 15.2. The van der Waals surface area contributed by atoms with Crippen molar-refractivity contribution < 1.29 is 0 Å². The highest BCUT2D eigenvalue weighted by Gasteiger charge is 2.24. The van der Waals surface area contributed by atoms with Gasteiger partial charge < -0.3 is 20.5 Å². The molecule has 0 aromatic carbocycles. The molecule has 2 aromatic rings. The first-order valence-corrected chi connectivity index (χ1v) is 7.59. The summed E-state index contributed by atoms with van der Waals surface area (Å²) in [6, 6.07) is 1.02. The van der Waals surface area contributed by atoms with Crippen LogP contribution in [0.25, 0.3) is 11.2 Å². The molecule has 1 aliphatic rings. The van der Waals surface area contributed by atoms with Crippen LogP contribution in [-0.2, 0) is 0 Å². The molecule has 3 N–H and O–H groups in total. The van der Waals surface area contributed by atoms with Crippen LogP contribution >= 0.6 is 0 Å². The van der Waals surface area contributed by atoms with Crippen LogP contribution in [0, 0.1) is 0 Å². The summed E-state index contributed by atoms with van der Waals surface area (Å²) >= 11 is 0. The molecule has 2 aromatic heterocycles. The van der Waals surface area contributed by atoms with Crippen molar-refractivity contribution in [1.29, 1.82) is 0 Å². The summed E-state index contributed by atoms with van der Waals surface area (Å²) in [5.74, 6) is 1.47. The minimum absolute atomic E-state index is 0.437. The summed E-state index contributed by atoms with van der Waals surface area (Å²) in [6.07, 6.45) is 3.90. The van der Waals surface area contributed by atoms with Crippen LogP contribution in [-0.4, -0.2) is 57.1 Å². The number of likely N-dealkylation sites (tertiary alicyclic amines) is 1. The van der Waals surface area contributed by atoms with Gasteiger partial charge in [0.05, 0.1) is 6.33 Å². The second-order valence-electron chi connectivity index (χ2n) is 5.72. The van der Waals surface area contributed by atoms with E-state index in [0.717, 1.165) is 37.3 Å². The van der Waals surface area contributed by atoms with E-state index in [9.17, 15) is 0 Å². The predicted molar refractivity (Wildman–Crippen MR) is 84.6 cm³/mol. The van der Waals surface area contributed by atoms with Crippen molar-refractivity contribution in [2.75, 3.05) is 30.8 Å². The van der Waals surface area contributed by atoms with Crippen LogP contribution in [0.2, 0.25) is 0 Å². The Morgan fingerprint density at radius 1 is 1.43 bits per heavy atom. The van der Waals surface area contributed by atoms with Crippen molar-refractivity contribution in [1.82, 2.24) is 24.8 Å². The molecule has 1 saturated heterocycles. The number of hydrogen-bond donors (Lipinski definition) is 3. The number of rotatable bonds is 4. The third-order valence-electron chi connectivity index (χ3n) is 4.17. The van der Waals surface area contributed by atoms with Gasteiger partial charge in [-0.1, -0.05) is 0 Å². The van der Waals surface area contributed by atoms with E-state index in [1.165, 1.54) is 0 Å². The van der Waals surface area contributed by atoms with Gasteiger partial charge in [0.15, 0.2) is 11.5 Å². The average molecular weight is 289 g/mol. The lowest BCUT2D eigenvalue weighted by molar-refractivity contribution is 0.190. The predicted octanol–water partition coefficient (Wildman–Crippen LogP) is 1.68. The SMILES string of the molecule is CCNc1nc(NC2CCN(C)C(C)C2)c2[nH]cnc2n1. The first-order valence-electron chi connectivity index (χ1n) is 7.59. The monoisotopic (exact) mass is 289 g/mol. The third kappa shape index (κ3) is 2.92. The Kier molecular flexibility index (Phi) is 3.92. The van der Waals surface area contributed by atoms with Gasteiger partial charge in [-0.05, 0) is 33.7 Å². The summed E-state index contributed by atoms with van der Waals surface area (Å²) in [5, 5.41) is 6.73. The number of nitrogens with one attached hydrogen (secondary N) is 3. The lowest BCUT2D eigenvalue weighted by Crippen LogP contribution is -2.42. The van der Waals surface area contributed by atoms with Gasteiger partial charge in [-0.25, -0.2) is 4.98 Å². The normalized spacial score (nSPS) is 23.4. The first kappa shape index (κ1) is 14.1. The van der Waals surface area contributed by atoms with E-state index in [1.807, 2.05) is 6.92 Å². The van der Waals surface area contributed by atoms with Gasteiger partial charge in [-0.2, -0.15) is 9.97 Å². The molecule has 2 atom stereocenters. The number of hydrogen-bond acceptors (Lipinski definition) is 6. The molecule has 0 spiro atoms. The fourth-order valence-corrected chi connectivity index (χ4v) is 2.79. The van der Waals surface area contributed by atoms with E-state index >= 15 is 0 Å². The highest BCUT2D eigenvalue weighted by molar-refractivity contribution is 5.83. The zero-order valence-electron chi connectivity index (χ0n) is 12.8. The second kappa shape index (κ2) is 5.85. The van der Waals surface area contributed by atoms with Crippen LogP contribution in [0.4, 0.5) is 11.8 Å². The van der Waals surface area contributed by atoms with Gasteiger partial charge in [0.25, 0.3) is 0 Å². The van der Waals surface area contributed by atoms with E-state index in [0.29, 0.717) is 23.7 Å². The number of fused-ring (bicyclic) bond motifs is 1. The zero-order valence-corrected chi connectivity index (χ0v) is 12.8. The number of imidazole rings is 1. The Balaban J connectivity index is 1.83. The van der Waals surface area contributed by atoms with Crippen LogP contribution in [0.15, 0.2) is 6.33 Å². The van der Waals surface area contributed by atoms with Crippen molar-refractivity contribution in [3.8, 4) is 0 Å². The van der Waals surface area contributed by atoms with Gasteiger partial charge in [0, 0.05) is 25.2 Å². The van der Waals surface area contributed by atoms with Crippen LogP contribution in [0.5, 0.6) is 0 Å². The molecule has 0 bridgehead atoms. The molecule has 3 heterocycles. The van der Waals surface area contributed by atoms with Crippen molar-refractivity contribution in [2.24, 2.45) is 0 Å². The Hall–Kier alpha value is -1.89. The summed E-state index contributed by atoms with van der Waals surface area (Å²) < 4.78 is 0. The van der Waals surface area contributed by atoms with Crippen LogP contribution < -0.4 is 10.6 Å². The largest absolute Gasteiger partial charge is 0.365 e. The number of aromatic nitrogens is 4. The highest BCUT2D eigenvalue weighted by Crippen LogP contribution is 2.23. The Labute approximate surface area is 124 Å². The van der Waals surface area contributed by atoms with Crippen LogP contribution in [0.3, 0.4) is 0 Å². The zero-order chi connectivity index (χ0) is 14.8. The maximum absolute atomic E-state index is 4.58. The van der Waals surface area contributed by atoms with Crippen molar-refractivity contribution >= 4 is 22.9 Å². The lowest BCUT2D eigenvalue weighted by Gasteiger charge is -2.35. The minimum Gasteiger partial charge on any atom is -0.365 e. The Morgan fingerprint density at radius 2 is 2.29 bits per heavy atom. The first-order chi connectivity index (χ1) is 10.2. The van der Waals surface area contributed by atoms with E-state index in [2.05, 4.69) is 49.4 Å². The smallest absolute Gasteiger partial charge is 0.226 e. The van der Waals surface area contributed by atoms with E-state index < -0.39 is 0 Å². The Bertz CT molecular complexity index is 608. The van der Waals surface area contributed by atoms with Crippen molar-refractivity contribution in [2.45, 2.75) is 38.8 Å². The van der Waals surface area contributed by atoms with Gasteiger partial charge in [-0.3, -0.25) is 0 Å². The third-order valence-corrected chi connectivity index (χ3v) is 4.17. The number of anilines is 2. The number of aromatic amines is 1. The molecule has 114 valence electrons. The fourth-order valence-electron chi connectivity index (χ4n) is 2.79. The number of H-pyrrole nitrogens is 1. The van der Waals surface area contributed by atoms with Gasteiger partial charge in [-0.15, -0.1) is 0 Å². The molecule has 21 heavy (non-hydrogen) atoms. The molecular weight excluding hydrogens is 266 g/mol. The molecule has 1 aliphatic heterocycles. The quantitative estimate of drug-likeness (QED) is 0.794. The standard InChI is InChI=1S/C14H23N7/c1-4-15-14-19-12-11(16-8-17-12)13(20-14)18-10-5-6-21(3)9(2)7-10/h8-10H,4-7H2,1-3H3,(H3,15,16,17,18,19,20). The molecule has 0 aliphatic carbocycles. The van der Waals surface area contributed by atoms with E-state index in [4.69, 9.17) is 0 Å². The van der Waals surface area contributed by atoms with Crippen LogP contribution in [0.1, 0.15) is 26.7 Å². The molecule has 7 nitrogen and oxygen atoms in total. The number of nitrogens with zero attached hydrogens (tertiary/aromatic N) is 4. The molecule has 7 heteroatoms. The molecule has 3 rings (SSSR count). The maximum atomic E-state index is 4.58. The topological polar surface area (TPSA) is 81.8 Å². The molecule has 2 unspecified atom stereocenters. The van der Waals surface area contributed by atoms with Gasteiger partial charge >= 0.3 is 0 Å². The molecular formula is C14H23N7. The number of piperidine rings is 1. The molecule has 0 amide bonds. The van der Waals surface area contributed by atoms with E-state index in [1.54, 1.807) is 6.33 Å². The second-order valence-corrected chi connectivity index (χ2v) is 5.72. The maximum Gasteiger partial charge on any atom is 0.226 e. The molecule has 1 fully saturated rings.